The Morgan fingerprint density at radius 3 is 3.06 bits per heavy atom. The first-order chi connectivity index (χ1) is 7.81. The fourth-order valence-electron chi connectivity index (χ4n) is 2.44. The Hall–Kier alpha value is -0.860. The first-order valence-corrected chi connectivity index (χ1v) is 6.18. The Balaban J connectivity index is 2.09. The number of rotatable bonds is 3. The van der Waals surface area contributed by atoms with E-state index in [0.29, 0.717) is 18.4 Å². The molecule has 1 fully saturated rings. The lowest BCUT2D eigenvalue weighted by Crippen LogP contribution is -2.22. The lowest BCUT2D eigenvalue weighted by atomic mass is 9.84. The maximum Gasteiger partial charge on any atom is 0.0500 e. The lowest BCUT2D eigenvalue weighted by molar-refractivity contribution is 0.0463. The first-order valence-electron chi connectivity index (χ1n) is 6.18. The SMILES string of the molecule is CC(c1cccc(CN)c1)C1CCCOC1. The van der Waals surface area contributed by atoms with E-state index in [9.17, 15) is 0 Å². The van der Waals surface area contributed by atoms with E-state index in [1.54, 1.807) is 0 Å². The zero-order valence-corrected chi connectivity index (χ0v) is 9.99. The minimum atomic E-state index is 0.576. The second-order valence-electron chi connectivity index (χ2n) is 4.72. The Morgan fingerprint density at radius 1 is 1.50 bits per heavy atom. The van der Waals surface area contributed by atoms with Gasteiger partial charge >= 0.3 is 0 Å². The Morgan fingerprint density at radius 2 is 2.38 bits per heavy atom. The molecule has 0 saturated carbocycles. The van der Waals surface area contributed by atoms with Crippen molar-refractivity contribution in [1.29, 1.82) is 0 Å². The maximum absolute atomic E-state index is 5.67. The fraction of sp³-hybridized carbons (Fsp3) is 0.571. The van der Waals surface area contributed by atoms with Crippen molar-refractivity contribution in [3.05, 3.63) is 35.4 Å². The van der Waals surface area contributed by atoms with Gasteiger partial charge in [0.2, 0.25) is 0 Å². The third-order valence-electron chi connectivity index (χ3n) is 3.62. The summed E-state index contributed by atoms with van der Waals surface area (Å²) in [6, 6.07) is 8.64. The molecule has 1 heterocycles. The molecule has 2 nitrogen and oxygen atoms in total. The quantitative estimate of drug-likeness (QED) is 0.848. The number of nitrogens with two attached hydrogens (primary N) is 1. The molecule has 0 bridgehead atoms. The van der Waals surface area contributed by atoms with Crippen LogP contribution in [0.3, 0.4) is 0 Å². The average molecular weight is 219 g/mol. The summed E-state index contributed by atoms with van der Waals surface area (Å²) in [7, 11) is 0. The van der Waals surface area contributed by atoms with E-state index in [2.05, 4.69) is 31.2 Å². The number of benzene rings is 1. The highest BCUT2D eigenvalue weighted by Crippen LogP contribution is 2.30. The summed E-state index contributed by atoms with van der Waals surface area (Å²) in [5.41, 5.74) is 8.30. The van der Waals surface area contributed by atoms with Crippen LogP contribution in [0.1, 0.15) is 36.8 Å². The van der Waals surface area contributed by atoms with Crippen molar-refractivity contribution in [2.75, 3.05) is 13.2 Å². The third-order valence-corrected chi connectivity index (χ3v) is 3.62. The van der Waals surface area contributed by atoms with E-state index in [1.165, 1.54) is 24.0 Å². The second-order valence-corrected chi connectivity index (χ2v) is 4.72. The minimum absolute atomic E-state index is 0.576. The summed E-state index contributed by atoms with van der Waals surface area (Å²) < 4.78 is 5.56. The standard InChI is InChI=1S/C14H21NO/c1-11(14-6-3-7-16-10-14)13-5-2-4-12(8-13)9-15/h2,4-5,8,11,14H,3,6-7,9-10,15H2,1H3. The summed E-state index contributed by atoms with van der Waals surface area (Å²) in [4.78, 5) is 0. The summed E-state index contributed by atoms with van der Waals surface area (Å²) in [5.74, 6) is 1.24. The van der Waals surface area contributed by atoms with E-state index in [0.717, 1.165) is 13.2 Å². The highest BCUT2D eigenvalue weighted by molar-refractivity contribution is 5.26. The summed E-state index contributed by atoms with van der Waals surface area (Å²) in [6.07, 6.45) is 2.49. The van der Waals surface area contributed by atoms with Crippen molar-refractivity contribution < 1.29 is 4.74 Å². The van der Waals surface area contributed by atoms with Crippen LogP contribution in [-0.4, -0.2) is 13.2 Å². The van der Waals surface area contributed by atoms with Gasteiger partial charge in [-0.2, -0.15) is 0 Å². The van der Waals surface area contributed by atoms with Gasteiger partial charge in [-0.3, -0.25) is 0 Å². The molecule has 0 spiro atoms. The van der Waals surface area contributed by atoms with E-state index in [-0.39, 0.29) is 0 Å². The van der Waals surface area contributed by atoms with Crippen LogP contribution in [-0.2, 0) is 11.3 Å². The smallest absolute Gasteiger partial charge is 0.0500 e. The highest BCUT2D eigenvalue weighted by atomic mass is 16.5. The van der Waals surface area contributed by atoms with Crippen molar-refractivity contribution in [2.24, 2.45) is 11.7 Å². The van der Waals surface area contributed by atoms with Gasteiger partial charge in [-0.05, 0) is 35.8 Å². The van der Waals surface area contributed by atoms with Crippen LogP contribution in [0.15, 0.2) is 24.3 Å². The van der Waals surface area contributed by atoms with Crippen molar-refractivity contribution in [1.82, 2.24) is 0 Å². The van der Waals surface area contributed by atoms with Crippen molar-refractivity contribution >= 4 is 0 Å². The zero-order chi connectivity index (χ0) is 11.4. The highest BCUT2D eigenvalue weighted by Gasteiger charge is 2.21. The van der Waals surface area contributed by atoms with Gasteiger partial charge in [-0.15, -0.1) is 0 Å². The van der Waals surface area contributed by atoms with Crippen LogP contribution >= 0.6 is 0 Å². The molecule has 16 heavy (non-hydrogen) atoms. The maximum atomic E-state index is 5.67. The van der Waals surface area contributed by atoms with Gasteiger partial charge < -0.3 is 10.5 Å². The summed E-state index contributed by atoms with van der Waals surface area (Å²) >= 11 is 0. The van der Waals surface area contributed by atoms with E-state index >= 15 is 0 Å². The zero-order valence-electron chi connectivity index (χ0n) is 9.99. The third kappa shape index (κ3) is 2.63. The molecule has 88 valence electrons. The minimum Gasteiger partial charge on any atom is -0.381 e. The van der Waals surface area contributed by atoms with Gasteiger partial charge in [-0.25, -0.2) is 0 Å². The summed E-state index contributed by atoms with van der Waals surface area (Å²) in [6.45, 7) is 4.77. The van der Waals surface area contributed by atoms with E-state index in [4.69, 9.17) is 10.5 Å². The number of hydrogen-bond donors (Lipinski definition) is 1. The molecule has 1 saturated heterocycles. The second kappa shape index (κ2) is 5.46. The largest absolute Gasteiger partial charge is 0.381 e. The van der Waals surface area contributed by atoms with Crippen LogP contribution in [0.2, 0.25) is 0 Å². The van der Waals surface area contributed by atoms with Crippen LogP contribution in [0, 0.1) is 5.92 Å². The molecule has 0 radical (unpaired) electrons. The molecule has 0 amide bonds. The molecular formula is C14H21NO. The molecule has 1 aliphatic rings. The molecule has 2 N–H and O–H groups in total. The fourth-order valence-corrected chi connectivity index (χ4v) is 2.44. The van der Waals surface area contributed by atoms with Crippen LogP contribution < -0.4 is 5.73 Å². The molecule has 0 aliphatic carbocycles. The summed E-state index contributed by atoms with van der Waals surface area (Å²) in [5, 5.41) is 0. The topological polar surface area (TPSA) is 35.2 Å². The van der Waals surface area contributed by atoms with Crippen molar-refractivity contribution in [3.8, 4) is 0 Å². The normalized spacial score (nSPS) is 23.0. The van der Waals surface area contributed by atoms with E-state index < -0.39 is 0 Å². The van der Waals surface area contributed by atoms with Gasteiger partial charge in [-0.1, -0.05) is 31.2 Å². The molecule has 1 aliphatic heterocycles. The molecule has 2 unspecified atom stereocenters. The Kier molecular flexibility index (Phi) is 3.97. The predicted molar refractivity (Wildman–Crippen MR) is 66.3 cm³/mol. The molecule has 2 atom stereocenters. The lowest BCUT2D eigenvalue weighted by Gasteiger charge is -2.28. The van der Waals surface area contributed by atoms with Crippen LogP contribution in [0.5, 0.6) is 0 Å². The Bertz CT molecular complexity index is 331. The average Bonchev–Trinajstić information content (AvgIpc) is 2.39. The van der Waals surface area contributed by atoms with Crippen molar-refractivity contribution in [3.63, 3.8) is 0 Å². The molecule has 1 aromatic rings. The van der Waals surface area contributed by atoms with Crippen LogP contribution in [0.4, 0.5) is 0 Å². The van der Waals surface area contributed by atoms with E-state index in [1.807, 2.05) is 0 Å². The number of ether oxygens (including phenoxy) is 1. The van der Waals surface area contributed by atoms with Gasteiger partial charge in [0.15, 0.2) is 0 Å². The molecule has 2 heteroatoms. The monoisotopic (exact) mass is 219 g/mol. The van der Waals surface area contributed by atoms with Gasteiger partial charge in [0.1, 0.15) is 0 Å². The van der Waals surface area contributed by atoms with Gasteiger partial charge in [0.05, 0.1) is 0 Å². The predicted octanol–water partition coefficient (Wildman–Crippen LogP) is 2.68. The first kappa shape index (κ1) is 11.6. The molecular weight excluding hydrogens is 198 g/mol. The molecule has 2 rings (SSSR count). The van der Waals surface area contributed by atoms with Gasteiger partial charge in [0, 0.05) is 19.8 Å². The molecule has 0 aromatic heterocycles. The van der Waals surface area contributed by atoms with Crippen LogP contribution in [0.25, 0.3) is 0 Å². The molecule has 1 aromatic carbocycles. The Labute approximate surface area is 97.8 Å². The van der Waals surface area contributed by atoms with Gasteiger partial charge in [0.25, 0.3) is 0 Å². The van der Waals surface area contributed by atoms with Crippen molar-refractivity contribution in [2.45, 2.75) is 32.2 Å². The number of hydrogen-bond acceptors (Lipinski definition) is 2.